The van der Waals surface area contributed by atoms with Gasteiger partial charge in [-0.1, -0.05) is 20.3 Å². The first-order chi connectivity index (χ1) is 13.0. The van der Waals surface area contributed by atoms with E-state index in [4.69, 9.17) is 4.74 Å². The second-order valence-electron chi connectivity index (χ2n) is 11.3. The summed E-state index contributed by atoms with van der Waals surface area (Å²) in [5, 5.41) is 0. The summed E-state index contributed by atoms with van der Waals surface area (Å²) in [4.78, 5) is 12.2. The van der Waals surface area contributed by atoms with Crippen LogP contribution in [0.25, 0.3) is 0 Å². The predicted molar refractivity (Wildman–Crippen MR) is 108 cm³/mol. The van der Waals surface area contributed by atoms with Gasteiger partial charge in [-0.15, -0.1) is 0 Å². The molecule has 0 heterocycles. The van der Waals surface area contributed by atoms with Crippen LogP contribution in [0.5, 0.6) is 0 Å². The van der Waals surface area contributed by atoms with Crippen LogP contribution in [0.15, 0.2) is 0 Å². The van der Waals surface area contributed by atoms with Gasteiger partial charge in [-0.05, 0) is 117 Å². The molecule has 0 aromatic heterocycles. The van der Waals surface area contributed by atoms with E-state index in [-0.39, 0.29) is 11.9 Å². The number of carbonyl (C=O) groups excluding carboxylic acids is 1. The van der Waals surface area contributed by atoms with E-state index in [1.54, 1.807) is 0 Å². The summed E-state index contributed by atoms with van der Waals surface area (Å²) < 4.78 is 5.34. The Morgan fingerprint density at radius 2 is 1.63 bits per heavy atom. The van der Waals surface area contributed by atoms with Gasteiger partial charge in [0.1, 0.15) is 0 Å². The molecule has 5 fully saturated rings. The van der Waals surface area contributed by atoms with Crippen molar-refractivity contribution < 1.29 is 9.53 Å². The van der Waals surface area contributed by atoms with Crippen LogP contribution in [0.3, 0.4) is 0 Å². The molecule has 5 saturated carbocycles. The van der Waals surface area contributed by atoms with Gasteiger partial charge in [0.05, 0.1) is 12.5 Å². The van der Waals surface area contributed by atoms with Gasteiger partial charge in [0.2, 0.25) is 0 Å². The van der Waals surface area contributed by atoms with Crippen molar-refractivity contribution in [1.82, 2.24) is 0 Å². The van der Waals surface area contributed by atoms with Crippen LogP contribution in [0, 0.1) is 58.7 Å². The monoisotopic (exact) mass is 372 g/mol. The maximum absolute atomic E-state index is 12.2. The van der Waals surface area contributed by atoms with Gasteiger partial charge >= 0.3 is 5.97 Å². The zero-order chi connectivity index (χ0) is 18.8. The summed E-state index contributed by atoms with van der Waals surface area (Å²) in [5.74, 6) is 7.83. The molecule has 2 nitrogen and oxygen atoms in total. The maximum atomic E-state index is 12.2. The number of ether oxygens (including phenoxy) is 1. The van der Waals surface area contributed by atoms with Crippen LogP contribution in [0.1, 0.15) is 85.0 Å². The maximum Gasteiger partial charge on any atom is 0.309 e. The second kappa shape index (κ2) is 6.77. The third-order valence-corrected chi connectivity index (χ3v) is 10.2. The Balaban J connectivity index is 1.30. The van der Waals surface area contributed by atoms with E-state index in [1.807, 2.05) is 6.92 Å². The Morgan fingerprint density at radius 3 is 2.41 bits per heavy atom. The molecule has 0 spiro atoms. The fraction of sp³-hybridized carbons (Fsp3) is 0.960. The quantitative estimate of drug-likeness (QED) is 0.560. The Labute approximate surface area is 166 Å². The Morgan fingerprint density at radius 1 is 0.889 bits per heavy atom. The molecule has 0 radical (unpaired) electrons. The minimum Gasteiger partial charge on any atom is -0.466 e. The molecule has 5 aliphatic rings. The minimum absolute atomic E-state index is 0.0973. The van der Waals surface area contributed by atoms with Crippen LogP contribution < -0.4 is 0 Å². The molecule has 0 aromatic carbocycles. The summed E-state index contributed by atoms with van der Waals surface area (Å²) in [6, 6.07) is 0. The zero-order valence-corrected chi connectivity index (χ0v) is 17.8. The largest absolute Gasteiger partial charge is 0.466 e. The lowest BCUT2D eigenvalue weighted by Crippen LogP contribution is -2.48. The first-order valence-corrected chi connectivity index (χ1v) is 12.2. The standard InChI is InChI=1S/C25H40O2/c1-4-27-24(26)21-14-20(21)23-10-9-22-19-8-6-16-13-15(2)5-7-17(16)18(19)11-12-25(22,23)3/h15-23H,4-14H2,1-3H3. The molecule has 10 unspecified atom stereocenters. The highest BCUT2D eigenvalue weighted by Crippen LogP contribution is 2.68. The normalized spacial score (nSPS) is 53.8. The number of carbonyl (C=O) groups is 1. The molecule has 10 atom stereocenters. The number of hydrogen-bond acceptors (Lipinski definition) is 2. The fourth-order valence-corrected chi connectivity index (χ4v) is 9.01. The highest BCUT2D eigenvalue weighted by Gasteiger charge is 2.62. The molecule has 0 aliphatic heterocycles. The third kappa shape index (κ3) is 2.91. The summed E-state index contributed by atoms with van der Waals surface area (Å²) in [6.45, 7) is 7.59. The Bertz CT molecular complexity index is 585. The van der Waals surface area contributed by atoms with Gasteiger partial charge in [-0.3, -0.25) is 4.79 Å². The lowest BCUT2D eigenvalue weighted by atomic mass is 9.49. The smallest absolute Gasteiger partial charge is 0.309 e. The number of fused-ring (bicyclic) bond motifs is 5. The van der Waals surface area contributed by atoms with Crippen LogP contribution in [0.2, 0.25) is 0 Å². The average Bonchev–Trinajstić information content (AvgIpc) is 3.36. The first kappa shape index (κ1) is 18.5. The van der Waals surface area contributed by atoms with E-state index in [2.05, 4.69) is 13.8 Å². The summed E-state index contributed by atoms with van der Waals surface area (Å²) >= 11 is 0. The van der Waals surface area contributed by atoms with Crippen molar-refractivity contribution in [3.8, 4) is 0 Å². The van der Waals surface area contributed by atoms with E-state index < -0.39 is 0 Å². The molecule has 27 heavy (non-hydrogen) atoms. The number of hydrogen-bond donors (Lipinski definition) is 0. The molecule has 0 N–H and O–H groups in total. The van der Waals surface area contributed by atoms with E-state index >= 15 is 0 Å². The van der Waals surface area contributed by atoms with Crippen molar-refractivity contribution in [2.24, 2.45) is 58.7 Å². The summed E-state index contributed by atoms with van der Waals surface area (Å²) in [6.07, 6.45) is 14.4. The average molecular weight is 373 g/mol. The molecule has 152 valence electrons. The van der Waals surface area contributed by atoms with Gasteiger partial charge in [-0.2, -0.15) is 0 Å². The van der Waals surface area contributed by atoms with Gasteiger partial charge in [0, 0.05) is 0 Å². The molecule has 0 bridgehead atoms. The van der Waals surface area contributed by atoms with E-state index in [0.717, 1.165) is 47.8 Å². The minimum atomic E-state index is 0.0973. The fourth-order valence-electron chi connectivity index (χ4n) is 9.01. The van der Waals surface area contributed by atoms with Gasteiger partial charge in [0.15, 0.2) is 0 Å². The number of esters is 1. The Hall–Kier alpha value is -0.530. The van der Waals surface area contributed by atoms with E-state index in [9.17, 15) is 4.79 Å². The molecule has 5 rings (SSSR count). The highest BCUT2D eigenvalue weighted by atomic mass is 16.5. The van der Waals surface area contributed by atoms with Crippen molar-refractivity contribution in [2.75, 3.05) is 6.61 Å². The van der Waals surface area contributed by atoms with Crippen LogP contribution in [-0.2, 0) is 9.53 Å². The van der Waals surface area contributed by atoms with Gasteiger partial charge in [0.25, 0.3) is 0 Å². The molecular weight excluding hydrogens is 332 g/mol. The van der Waals surface area contributed by atoms with E-state index in [0.29, 0.717) is 17.9 Å². The summed E-state index contributed by atoms with van der Waals surface area (Å²) in [7, 11) is 0. The van der Waals surface area contributed by atoms with Crippen molar-refractivity contribution in [1.29, 1.82) is 0 Å². The van der Waals surface area contributed by atoms with Gasteiger partial charge < -0.3 is 4.74 Å². The molecule has 5 aliphatic carbocycles. The first-order valence-electron chi connectivity index (χ1n) is 12.2. The van der Waals surface area contributed by atoms with E-state index in [1.165, 1.54) is 57.8 Å². The molecule has 0 saturated heterocycles. The van der Waals surface area contributed by atoms with Crippen molar-refractivity contribution in [2.45, 2.75) is 85.0 Å². The predicted octanol–water partition coefficient (Wildman–Crippen LogP) is 6.09. The van der Waals surface area contributed by atoms with Crippen molar-refractivity contribution in [3.63, 3.8) is 0 Å². The van der Waals surface area contributed by atoms with Crippen molar-refractivity contribution in [3.05, 3.63) is 0 Å². The van der Waals surface area contributed by atoms with Crippen LogP contribution >= 0.6 is 0 Å². The lowest BCUT2D eigenvalue weighted by molar-refractivity contribution is -0.145. The lowest BCUT2D eigenvalue weighted by Gasteiger charge is -2.56. The number of rotatable bonds is 3. The van der Waals surface area contributed by atoms with Crippen LogP contribution in [0.4, 0.5) is 0 Å². The Kier molecular flexibility index (Phi) is 4.64. The topological polar surface area (TPSA) is 26.3 Å². The molecular formula is C25H40O2. The summed E-state index contributed by atoms with van der Waals surface area (Å²) in [5.41, 5.74) is 0.516. The zero-order valence-electron chi connectivity index (χ0n) is 17.8. The molecule has 0 amide bonds. The molecule has 2 heteroatoms. The third-order valence-electron chi connectivity index (χ3n) is 10.2. The van der Waals surface area contributed by atoms with Crippen LogP contribution in [-0.4, -0.2) is 12.6 Å². The SMILES string of the molecule is CCOC(=O)C1CC1C1CCC2C3CCC4CC(C)CCC4C3CCC12C. The molecule has 0 aromatic rings. The highest BCUT2D eigenvalue weighted by molar-refractivity contribution is 5.75. The second-order valence-corrected chi connectivity index (χ2v) is 11.3. The van der Waals surface area contributed by atoms with Gasteiger partial charge in [-0.25, -0.2) is 0 Å². The van der Waals surface area contributed by atoms with Crippen molar-refractivity contribution >= 4 is 5.97 Å².